The van der Waals surface area contributed by atoms with E-state index in [9.17, 15) is 19.2 Å². The molecule has 1 fully saturated rings. The first-order chi connectivity index (χ1) is 21.8. The van der Waals surface area contributed by atoms with Crippen LogP contribution in [-0.2, 0) is 25.8 Å². The minimum atomic E-state index is -0.529. The van der Waals surface area contributed by atoms with Crippen molar-refractivity contribution in [2.75, 3.05) is 0 Å². The Balaban J connectivity index is 1.13. The van der Waals surface area contributed by atoms with Crippen LogP contribution in [0.3, 0.4) is 0 Å². The van der Waals surface area contributed by atoms with Gasteiger partial charge in [-0.05, 0) is 69.0 Å². The molecule has 2 heterocycles. The van der Waals surface area contributed by atoms with Crippen LogP contribution in [0, 0.1) is 0 Å². The summed E-state index contributed by atoms with van der Waals surface area (Å²) in [4.78, 5) is 53.7. The van der Waals surface area contributed by atoms with Crippen LogP contribution in [0.2, 0.25) is 0 Å². The lowest BCUT2D eigenvalue weighted by Crippen LogP contribution is -2.36. The molecule has 8 nitrogen and oxygen atoms in total. The Morgan fingerprint density at radius 2 is 1.20 bits per heavy atom. The molecular formula is C35H35Br2N2O6+. The van der Waals surface area contributed by atoms with Gasteiger partial charge in [-0.1, -0.05) is 62.4 Å². The lowest BCUT2D eigenvalue weighted by Gasteiger charge is -2.13. The van der Waals surface area contributed by atoms with Gasteiger partial charge in [-0.25, -0.2) is 9.59 Å². The van der Waals surface area contributed by atoms with Crippen LogP contribution in [0.15, 0.2) is 75.7 Å². The molecule has 0 saturated carbocycles. The van der Waals surface area contributed by atoms with Gasteiger partial charge < -0.3 is 9.57 Å². The van der Waals surface area contributed by atoms with E-state index in [-0.39, 0.29) is 19.3 Å². The van der Waals surface area contributed by atoms with Gasteiger partial charge in [-0.2, -0.15) is 4.57 Å². The summed E-state index contributed by atoms with van der Waals surface area (Å²) in [7, 11) is 0. The van der Waals surface area contributed by atoms with Crippen LogP contribution >= 0.6 is 31.9 Å². The quantitative estimate of drug-likeness (QED) is 0.0324. The van der Waals surface area contributed by atoms with Crippen LogP contribution in [-0.4, -0.2) is 28.8 Å². The number of rotatable bonds is 14. The number of imide groups is 1. The number of halogens is 2. The molecule has 1 aliphatic heterocycles. The minimum absolute atomic E-state index is 0.104. The molecule has 0 radical (unpaired) electrons. The summed E-state index contributed by atoms with van der Waals surface area (Å²) in [5, 5.41) is 2.32. The molecular weight excluding hydrogens is 704 g/mol. The fourth-order valence-electron chi connectivity index (χ4n) is 5.71. The highest BCUT2D eigenvalue weighted by molar-refractivity contribution is 9.11. The molecule has 4 aromatic rings. The highest BCUT2D eigenvalue weighted by Gasteiger charge is 2.32. The summed E-state index contributed by atoms with van der Waals surface area (Å²) in [6.45, 7) is 0.830. The van der Waals surface area contributed by atoms with Gasteiger partial charge in [0.05, 0.1) is 25.3 Å². The number of amides is 2. The first-order valence-electron chi connectivity index (χ1n) is 15.4. The number of hydrogen-bond donors (Lipinski definition) is 0. The molecule has 2 amide bonds. The number of hydrogen-bond acceptors (Lipinski definition) is 6. The Morgan fingerprint density at radius 3 is 1.78 bits per heavy atom. The van der Waals surface area contributed by atoms with Crippen LogP contribution < -0.4 is 9.30 Å². The number of fused-ring (bicyclic) bond motifs is 2. The van der Waals surface area contributed by atoms with Gasteiger partial charge in [0.2, 0.25) is 11.0 Å². The minimum Gasteiger partial charge on any atom is -0.420 e. The second-order valence-electron chi connectivity index (χ2n) is 11.1. The van der Waals surface area contributed by atoms with E-state index in [2.05, 4.69) is 48.6 Å². The maximum absolute atomic E-state index is 13.7. The fourth-order valence-corrected chi connectivity index (χ4v) is 6.87. The predicted molar refractivity (Wildman–Crippen MR) is 177 cm³/mol. The Hall–Kier alpha value is -3.63. The third-order valence-electron chi connectivity index (χ3n) is 7.96. The number of carbonyl (C=O) groups excluding carboxylic acids is 4. The van der Waals surface area contributed by atoms with Crippen molar-refractivity contribution in [1.82, 2.24) is 5.06 Å². The van der Waals surface area contributed by atoms with Crippen molar-refractivity contribution in [3.63, 3.8) is 0 Å². The second-order valence-corrected chi connectivity index (χ2v) is 12.8. The number of ether oxygens (including phenoxy) is 1. The van der Waals surface area contributed by atoms with Gasteiger partial charge in [0.25, 0.3) is 11.8 Å². The number of unbranched alkanes of at least 4 members (excludes halogenated alkanes) is 7. The van der Waals surface area contributed by atoms with E-state index >= 15 is 0 Å². The summed E-state index contributed by atoms with van der Waals surface area (Å²) in [5.74, 6) is -1.39. The van der Waals surface area contributed by atoms with Crippen LogP contribution in [0.25, 0.3) is 21.8 Å². The Bertz CT molecular complexity index is 1650. The van der Waals surface area contributed by atoms with E-state index in [4.69, 9.17) is 9.57 Å². The summed E-state index contributed by atoms with van der Waals surface area (Å²) in [6, 6.07) is 21.5. The number of esters is 1. The number of aromatic nitrogens is 1. The monoisotopic (exact) mass is 737 g/mol. The zero-order valence-electron chi connectivity index (χ0n) is 24.9. The number of para-hydroxylation sites is 3. The number of aryl methyl sites for hydroxylation is 1. The molecule has 1 aliphatic rings. The highest BCUT2D eigenvalue weighted by atomic mass is 79.9. The molecule has 1 saturated heterocycles. The van der Waals surface area contributed by atoms with Crippen LogP contribution in [0.1, 0.15) is 81.0 Å². The van der Waals surface area contributed by atoms with E-state index in [1.165, 1.54) is 0 Å². The lowest BCUT2D eigenvalue weighted by atomic mass is 10.0. The molecule has 45 heavy (non-hydrogen) atoms. The predicted octanol–water partition coefficient (Wildman–Crippen LogP) is 8.14. The largest absolute Gasteiger partial charge is 0.420 e. The SMILES string of the molecule is O=C(CCCCCCCCCC[n+]1c2ccccc2c(C(=O)Oc2c(Br)cccc2Br)c2ccccc21)ON1C(=O)CCC1=O. The molecule has 0 atom stereocenters. The van der Waals surface area contributed by atoms with Crippen molar-refractivity contribution >= 4 is 77.4 Å². The average Bonchev–Trinajstić information content (AvgIpc) is 3.35. The maximum atomic E-state index is 13.7. The Kier molecular flexibility index (Phi) is 11.3. The molecule has 234 valence electrons. The van der Waals surface area contributed by atoms with E-state index in [0.29, 0.717) is 31.7 Å². The number of carbonyl (C=O) groups is 4. The fraction of sp³-hybridized carbons (Fsp3) is 0.343. The topological polar surface area (TPSA) is 93.9 Å². The molecule has 5 rings (SSSR count). The standard InChI is InChI=1S/C35H35Br2N2O6/c36-26-16-13-17-27(37)34(26)44-35(43)33-24-14-8-10-18-28(24)38(29-19-11-9-15-25(29)33)23-12-6-4-2-1-3-5-7-20-32(42)45-39-30(40)21-22-31(39)41/h8-11,13-19H,1-7,12,20-23H2/q+1. The number of benzene rings is 3. The lowest BCUT2D eigenvalue weighted by molar-refractivity contribution is -0.645. The Morgan fingerprint density at radius 1 is 0.689 bits per heavy atom. The molecule has 0 N–H and O–H groups in total. The smallest absolute Gasteiger partial charge is 0.345 e. The van der Waals surface area contributed by atoms with Crippen molar-refractivity contribution in [2.45, 2.75) is 77.2 Å². The van der Waals surface area contributed by atoms with Crippen molar-refractivity contribution in [2.24, 2.45) is 0 Å². The van der Waals surface area contributed by atoms with E-state index in [1.807, 2.05) is 54.6 Å². The first-order valence-corrected chi connectivity index (χ1v) is 17.0. The third-order valence-corrected chi connectivity index (χ3v) is 9.21. The zero-order valence-corrected chi connectivity index (χ0v) is 28.1. The molecule has 1 aromatic heterocycles. The molecule has 0 aliphatic carbocycles. The first kappa shape index (κ1) is 32.8. The zero-order chi connectivity index (χ0) is 31.8. The maximum Gasteiger partial charge on any atom is 0.345 e. The summed E-state index contributed by atoms with van der Waals surface area (Å²) >= 11 is 6.99. The molecule has 10 heteroatoms. The van der Waals surface area contributed by atoms with E-state index < -0.39 is 23.8 Å². The van der Waals surface area contributed by atoms with E-state index in [0.717, 1.165) is 73.3 Å². The van der Waals surface area contributed by atoms with Gasteiger partial charge in [-0.15, -0.1) is 5.06 Å². The number of pyridine rings is 1. The second kappa shape index (κ2) is 15.6. The van der Waals surface area contributed by atoms with Crippen LogP contribution in [0.5, 0.6) is 5.75 Å². The van der Waals surface area contributed by atoms with Gasteiger partial charge >= 0.3 is 11.9 Å². The number of hydroxylamine groups is 2. The normalized spacial score (nSPS) is 13.2. The number of nitrogens with zero attached hydrogens (tertiary/aromatic N) is 2. The van der Waals surface area contributed by atoms with Crippen molar-refractivity contribution < 1.29 is 33.3 Å². The van der Waals surface area contributed by atoms with Crippen LogP contribution in [0.4, 0.5) is 0 Å². The van der Waals surface area contributed by atoms with Gasteiger partial charge in [0, 0.05) is 37.8 Å². The molecule has 0 unspecified atom stereocenters. The molecule has 3 aromatic carbocycles. The third kappa shape index (κ3) is 7.97. The van der Waals surface area contributed by atoms with Gasteiger partial charge in [0.15, 0.2) is 5.75 Å². The van der Waals surface area contributed by atoms with Crippen molar-refractivity contribution in [1.29, 1.82) is 0 Å². The molecule has 0 bridgehead atoms. The van der Waals surface area contributed by atoms with E-state index in [1.54, 1.807) is 0 Å². The summed E-state index contributed by atoms with van der Waals surface area (Å²) < 4.78 is 9.63. The van der Waals surface area contributed by atoms with Crippen molar-refractivity contribution in [3.8, 4) is 5.75 Å². The van der Waals surface area contributed by atoms with Crippen molar-refractivity contribution in [3.05, 3.63) is 81.2 Å². The summed E-state index contributed by atoms with van der Waals surface area (Å²) in [5.41, 5.74) is 2.53. The highest BCUT2D eigenvalue weighted by Crippen LogP contribution is 2.35. The summed E-state index contributed by atoms with van der Waals surface area (Å²) in [6.07, 6.45) is 8.41. The molecule has 0 spiro atoms. The Labute approximate surface area is 278 Å². The average molecular weight is 739 g/mol. The van der Waals surface area contributed by atoms with Gasteiger partial charge in [-0.3, -0.25) is 9.59 Å². The van der Waals surface area contributed by atoms with Gasteiger partial charge in [0.1, 0.15) is 6.54 Å².